The van der Waals surface area contributed by atoms with E-state index < -0.39 is 22.3 Å². The van der Waals surface area contributed by atoms with E-state index in [1.54, 1.807) is 11.6 Å². The molecule has 0 spiro atoms. The Morgan fingerprint density at radius 3 is 2.75 bits per heavy atom. The van der Waals surface area contributed by atoms with Crippen LogP contribution in [0.1, 0.15) is 12.6 Å². The van der Waals surface area contributed by atoms with Crippen molar-refractivity contribution in [1.29, 1.82) is 0 Å². The number of hydrogen-bond acceptors (Lipinski definition) is 8. The van der Waals surface area contributed by atoms with E-state index in [-0.39, 0.29) is 18.2 Å². The lowest BCUT2D eigenvalue weighted by Crippen LogP contribution is -2.35. The number of nitrogens with one attached hydrogen (secondary N) is 2. The molecule has 1 aromatic rings. The number of aromatic nitrogens is 1. The zero-order valence-corrected chi connectivity index (χ0v) is 12.3. The Balaban J connectivity index is 2.64. The van der Waals surface area contributed by atoms with E-state index in [0.717, 1.165) is 11.3 Å². The fourth-order valence-electron chi connectivity index (χ4n) is 1.07. The molecule has 0 saturated heterocycles. The van der Waals surface area contributed by atoms with Gasteiger partial charge >= 0.3 is 22.3 Å². The third kappa shape index (κ3) is 5.40. The average Bonchev–Trinajstić information content (AvgIpc) is 2.74. The van der Waals surface area contributed by atoms with Crippen LogP contribution in [0.15, 0.2) is 5.38 Å². The van der Waals surface area contributed by atoms with Crippen LogP contribution < -0.4 is 9.44 Å². The average molecular weight is 323 g/mol. The van der Waals surface area contributed by atoms with Gasteiger partial charge in [0.15, 0.2) is 5.13 Å². The zero-order valence-electron chi connectivity index (χ0n) is 10.7. The lowest BCUT2D eigenvalue weighted by Gasteiger charge is -2.06. The highest BCUT2D eigenvalue weighted by atomic mass is 32.2. The standard InChI is InChI=1S/C9H13N3O6S2/c1-3-18-9(14)12-20(15,16)11-8-10-6(5-19-8)4-7(13)17-2/h5H,3-4H2,1-2H3,(H,10,11)(H,12,14). The first-order valence-corrected chi connectivity index (χ1v) is 7.71. The molecule has 0 aliphatic heterocycles. The van der Waals surface area contributed by atoms with Gasteiger partial charge in [0.1, 0.15) is 0 Å². The lowest BCUT2D eigenvalue weighted by atomic mass is 10.3. The third-order valence-corrected chi connectivity index (χ3v) is 3.65. The zero-order chi connectivity index (χ0) is 15.2. The maximum absolute atomic E-state index is 11.5. The summed E-state index contributed by atoms with van der Waals surface area (Å²) in [5, 5.41) is 1.51. The second-order valence-electron chi connectivity index (χ2n) is 3.32. The van der Waals surface area contributed by atoms with Crippen LogP contribution in [-0.2, 0) is 30.9 Å². The Hall–Kier alpha value is -1.88. The molecule has 0 fully saturated rings. The summed E-state index contributed by atoms with van der Waals surface area (Å²) in [5.74, 6) is -0.491. The largest absolute Gasteiger partial charge is 0.469 e. The number of anilines is 1. The SMILES string of the molecule is CCOC(=O)NS(=O)(=O)Nc1nc(CC(=O)OC)cs1. The highest BCUT2D eigenvalue weighted by Crippen LogP contribution is 2.17. The van der Waals surface area contributed by atoms with Crippen LogP contribution in [0.4, 0.5) is 9.93 Å². The molecule has 1 aromatic heterocycles. The summed E-state index contributed by atoms with van der Waals surface area (Å²) in [4.78, 5) is 25.9. The minimum absolute atomic E-state index is 0.0145. The van der Waals surface area contributed by atoms with Crippen molar-refractivity contribution in [2.45, 2.75) is 13.3 Å². The highest BCUT2D eigenvalue weighted by molar-refractivity contribution is 7.91. The van der Waals surface area contributed by atoms with E-state index >= 15 is 0 Å². The van der Waals surface area contributed by atoms with Crippen molar-refractivity contribution < 1.29 is 27.5 Å². The minimum Gasteiger partial charge on any atom is -0.469 e. The quantitative estimate of drug-likeness (QED) is 0.720. The van der Waals surface area contributed by atoms with Gasteiger partial charge in [0.05, 0.1) is 25.8 Å². The molecule has 1 amide bonds. The Kier molecular flexibility index (Phi) is 5.70. The van der Waals surface area contributed by atoms with Crippen molar-refractivity contribution in [2.24, 2.45) is 0 Å². The summed E-state index contributed by atoms with van der Waals surface area (Å²) in [7, 11) is -2.88. The number of hydrogen-bond donors (Lipinski definition) is 2. The Labute approximate surface area is 119 Å². The molecule has 0 aromatic carbocycles. The summed E-state index contributed by atoms with van der Waals surface area (Å²) in [5.41, 5.74) is 0.357. The van der Waals surface area contributed by atoms with Gasteiger partial charge in [0, 0.05) is 5.38 Å². The van der Waals surface area contributed by atoms with Gasteiger partial charge in [-0.3, -0.25) is 4.79 Å². The number of nitrogens with zero attached hydrogens (tertiary/aromatic N) is 1. The highest BCUT2D eigenvalue weighted by Gasteiger charge is 2.17. The monoisotopic (exact) mass is 323 g/mol. The molecule has 11 heteroatoms. The van der Waals surface area contributed by atoms with Crippen molar-refractivity contribution in [2.75, 3.05) is 18.4 Å². The van der Waals surface area contributed by atoms with Gasteiger partial charge in [-0.15, -0.1) is 11.3 Å². The molecule has 2 N–H and O–H groups in total. The molecule has 112 valence electrons. The van der Waals surface area contributed by atoms with Crippen LogP contribution in [0.2, 0.25) is 0 Å². The Morgan fingerprint density at radius 1 is 1.45 bits per heavy atom. The maximum Gasteiger partial charge on any atom is 0.422 e. The van der Waals surface area contributed by atoms with Gasteiger partial charge in [-0.1, -0.05) is 0 Å². The van der Waals surface area contributed by atoms with Gasteiger partial charge in [-0.2, -0.15) is 8.42 Å². The van der Waals surface area contributed by atoms with E-state index in [1.165, 1.54) is 12.5 Å². The van der Waals surface area contributed by atoms with Crippen LogP contribution in [0, 0.1) is 0 Å². The van der Waals surface area contributed by atoms with E-state index in [9.17, 15) is 18.0 Å². The van der Waals surface area contributed by atoms with Crippen molar-refractivity contribution in [1.82, 2.24) is 9.71 Å². The summed E-state index contributed by atoms with van der Waals surface area (Å²) >= 11 is 0.968. The number of rotatable bonds is 6. The number of carbonyl (C=O) groups excluding carboxylic acids is 2. The van der Waals surface area contributed by atoms with Crippen molar-refractivity contribution in [3.63, 3.8) is 0 Å². The van der Waals surface area contributed by atoms with E-state index in [4.69, 9.17) is 0 Å². The van der Waals surface area contributed by atoms with E-state index in [0.29, 0.717) is 5.69 Å². The fraction of sp³-hybridized carbons (Fsp3) is 0.444. The fourth-order valence-corrected chi connectivity index (χ4v) is 2.75. The predicted octanol–water partition coefficient (Wildman–Crippen LogP) is 0.261. The number of esters is 1. The topological polar surface area (TPSA) is 124 Å². The number of amides is 1. The van der Waals surface area contributed by atoms with Gasteiger partial charge in [-0.25, -0.2) is 19.2 Å². The predicted molar refractivity (Wildman–Crippen MR) is 70.5 cm³/mol. The second-order valence-corrected chi connectivity index (χ2v) is 5.60. The molecule has 0 aliphatic rings. The normalized spacial score (nSPS) is 10.7. The Morgan fingerprint density at radius 2 is 2.15 bits per heavy atom. The summed E-state index contributed by atoms with van der Waals surface area (Å²) in [6.45, 7) is 1.58. The van der Waals surface area contributed by atoms with Crippen LogP contribution in [-0.4, -0.2) is 39.2 Å². The summed E-state index contributed by atoms with van der Waals surface area (Å²) < 4.78 is 35.6. The second kappa shape index (κ2) is 7.05. The summed E-state index contributed by atoms with van der Waals surface area (Å²) in [6.07, 6.45) is -1.16. The van der Waals surface area contributed by atoms with Gasteiger partial charge in [0.2, 0.25) is 0 Å². The third-order valence-electron chi connectivity index (χ3n) is 1.82. The number of carbonyl (C=O) groups is 2. The molecule has 20 heavy (non-hydrogen) atoms. The molecule has 9 nitrogen and oxygen atoms in total. The molecule has 0 bridgehead atoms. The molecule has 0 unspecified atom stereocenters. The molecule has 0 radical (unpaired) electrons. The first-order chi connectivity index (χ1) is 9.36. The molecule has 0 aliphatic carbocycles. The smallest absolute Gasteiger partial charge is 0.422 e. The van der Waals surface area contributed by atoms with Crippen LogP contribution in [0.5, 0.6) is 0 Å². The summed E-state index contributed by atoms with van der Waals surface area (Å²) in [6, 6.07) is 0. The first-order valence-electron chi connectivity index (χ1n) is 5.34. The minimum atomic E-state index is -4.12. The molecular formula is C9H13N3O6S2. The molecular weight excluding hydrogens is 310 g/mol. The maximum atomic E-state index is 11.5. The number of methoxy groups -OCH3 is 1. The lowest BCUT2D eigenvalue weighted by molar-refractivity contribution is -0.139. The van der Waals surface area contributed by atoms with Crippen molar-refractivity contribution in [3.8, 4) is 0 Å². The first kappa shape index (κ1) is 16.2. The molecule has 0 atom stereocenters. The van der Waals surface area contributed by atoms with E-state index in [1.807, 2.05) is 4.72 Å². The van der Waals surface area contributed by atoms with E-state index in [2.05, 4.69) is 14.5 Å². The van der Waals surface area contributed by atoms with Crippen LogP contribution in [0.3, 0.4) is 0 Å². The van der Waals surface area contributed by atoms with Crippen molar-refractivity contribution in [3.05, 3.63) is 11.1 Å². The van der Waals surface area contributed by atoms with Crippen molar-refractivity contribution >= 4 is 38.7 Å². The number of ether oxygens (including phenoxy) is 2. The molecule has 0 saturated carbocycles. The number of thiazole rings is 1. The van der Waals surface area contributed by atoms with Gasteiger partial charge in [-0.05, 0) is 6.92 Å². The van der Waals surface area contributed by atoms with Crippen LogP contribution >= 0.6 is 11.3 Å². The Bertz CT molecular complexity index is 582. The van der Waals surface area contributed by atoms with Crippen LogP contribution in [0.25, 0.3) is 0 Å². The molecule has 1 heterocycles. The van der Waals surface area contributed by atoms with Gasteiger partial charge < -0.3 is 9.47 Å². The molecule has 1 rings (SSSR count). The van der Waals surface area contributed by atoms with Gasteiger partial charge in [0.25, 0.3) is 0 Å².